The van der Waals surface area contributed by atoms with Crippen molar-refractivity contribution in [3.8, 4) is 0 Å². The van der Waals surface area contributed by atoms with Gasteiger partial charge in [0.25, 0.3) is 0 Å². The Balaban J connectivity index is 1.34. The summed E-state index contributed by atoms with van der Waals surface area (Å²) in [6.45, 7) is 1.45. The van der Waals surface area contributed by atoms with Gasteiger partial charge in [-0.2, -0.15) is 4.73 Å². The molecule has 24 heavy (non-hydrogen) atoms. The van der Waals surface area contributed by atoms with E-state index in [0.717, 1.165) is 32.4 Å². The molecule has 2 aromatic heterocycles. The molecule has 0 saturated carbocycles. The molecule has 4 rings (SSSR count). The Morgan fingerprint density at radius 1 is 1.38 bits per heavy atom. The van der Waals surface area contributed by atoms with E-state index < -0.39 is 0 Å². The van der Waals surface area contributed by atoms with Crippen molar-refractivity contribution >= 4 is 23.1 Å². The van der Waals surface area contributed by atoms with Crippen molar-refractivity contribution < 1.29 is 9.52 Å². The third kappa shape index (κ3) is 3.08. The molecule has 6 nitrogen and oxygen atoms in total. The second kappa shape index (κ2) is 6.39. The molecule has 1 fully saturated rings. The number of urea groups is 1. The van der Waals surface area contributed by atoms with Gasteiger partial charge >= 0.3 is 6.03 Å². The molecule has 0 atom stereocenters. The molecule has 1 aliphatic heterocycles. The van der Waals surface area contributed by atoms with Gasteiger partial charge in [0.1, 0.15) is 5.69 Å². The standard InChI is InChI=1S/C17H20N4O2S/c22-17(18-13-3-2-8-21(23)11-13)20-9-6-12(7-10-20)16-19-14-4-1-5-15(14)24-16/h2-3,8,11-12H,1,4-7,9-10H2,(H,18,22). The quantitative estimate of drug-likeness (QED) is 0.672. The molecule has 2 aromatic rings. The van der Waals surface area contributed by atoms with E-state index in [2.05, 4.69) is 5.32 Å². The normalized spacial score (nSPS) is 17.8. The smallest absolute Gasteiger partial charge is 0.322 e. The number of piperidine rings is 1. The number of pyridine rings is 1. The number of fused-ring (bicyclic) bond motifs is 1. The maximum Gasteiger partial charge on any atom is 0.322 e. The Morgan fingerprint density at radius 2 is 2.21 bits per heavy atom. The number of thiazole rings is 1. The lowest BCUT2D eigenvalue weighted by Gasteiger charge is -2.31. The number of nitrogens with one attached hydrogen (secondary N) is 1. The van der Waals surface area contributed by atoms with Gasteiger partial charge in [0.2, 0.25) is 6.20 Å². The number of amides is 2. The zero-order valence-corrected chi connectivity index (χ0v) is 14.2. The average molecular weight is 344 g/mol. The summed E-state index contributed by atoms with van der Waals surface area (Å²) in [4.78, 5) is 20.4. The molecular weight excluding hydrogens is 324 g/mol. The summed E-state index contributed by atoms with van der Waals surface area (Å²) >= 11 is 1.87. The SMILES string of the molecule is O=C(Nc1ccc[n+]([O-])c1)N1CCC(c2nc3c(s2)CCC3)CC1. The van der Waals surface area contributed by atoms with Crippen LogP contribution in [0.1, 0.15) is 40.8 Å². The fourth-order valence-corrected chi connectivity index (χ4v) is 4.77. The van der Waals surface area contributed by atoms with Crippen molar-refractivity contribution in [2.24, 2.45) is 0 Å². The minimum atomic E-state index is -0.138. The van der Waals surface area contributed by atoms with E-state index in [1.165, 1.54) is 40.8 Å². The van der Waals surface area contributed by atoms with E-state index in [1.807, 2.05) is 16.2 Å². The lowest BCUT2D eigenvalue weighted by molar-refractivity contribution is -0.604. The van der Waals surface area contributed by atoms with Gasteiger partial charge in [-0.1, -0.05) is 0 Å². The van der Waals surface area contributed by atoms with E-state index in [-0.39, 0.29) is 6.03 Å². The van der Waals surface area contributed by atoms with Crippen molar-refractivity contribution in [3.63, 3.8) is 0 Å². The Kier molecular flexibility index (Phi) is 4.10. The van der Waals surface area contributed by atoms with Crippen LogP contribution >= 0.6 is 11.3 Å². The molecule has 0 spiro atoms. The van der Waals surface area contributed by atoms with Gasteiger partial charge in [-0.05, 0) is 38.2 Å². The summed E-state index contributed by atoms with van der Waals surface area (Å²) in [6.07, 6.45) is 8.23. The van der Waals surface area contributed by atoms with Crippen molar-refractivity contribution in [2.75, 3.05) is 18.4 Å². The highest BCUT2D eigenvalue weighted by Gasteiger charge is 2.27. The molecule has 2 amide bonds. The van der Waals surface area contributed by atoms with Gasteiger partial charge < -0.3 is 15.4 Å². The topological polar surface area (TPSA) is 72.2 Å². The van der Waals surface area contributed by atoms with Crippen LogP contribution in [-0.4, -0.2) is 29.0 Å². The highest BCUT2D eigenvalue weighted by molar-refractivity contribution is 7.11. The highest BCUT2D eigenvalue weighted by atomic mass is 32.1. The predicted octanol–water partition coefficient (Wildman–Crippen LogP) is 2.68. The number of nitrogens with zero attached hydrogens (tertiary/aromatic N) is 3. The summed E-state index contributed by atoms with van der Waals surface area (Å²) in [5.74, 6) is 0.477. The van der Waals surface area contributed by atoms with Crippen LogP contribution in [0.5, 0.6) is 0 Å². The molecule has 0 radical (unpaired) electrons. The fraction of sp³-hybridized carbons (Fsp3) is 0.471. The maximum absolute atomic E-state index is 12.3. The van der Waals surface area contributed by atoms with Gasteiger partial charge in [-0.15, -0.1) is 11.3 Å². The second-order valence-electron chi connectivity index (χ2n) is 6.42. The van der Waals surface area contributed by atoms with Crippen molar-refractivity contribution in [1.82, 2.24) is 9.88 Å². The fourth-order valence-electron chi connectivity index (χ4n) is 3.45. The number of carbonyl (C=O) groups excluding carboxylic acids is 1. The Bertz CT molecular complexity index is 731. The van der Waals surface area contributed by atoms with Crippen LogP contribution in [0.2, 0.25) is 0 Å². The number of likely N-dealkylation sites (tertiary alicyclic amines) is 1. The van der Waals surface area contributed by atoms with Crippen LogP contribution in [-0.2, 0) is 12.8 Å². The number of anilines is 1. The molecule has 2 aliphatic rings. The Labute approximate surface area is 144 Å². The second-order valence-corrected chi connectivity index (χ2v) is 7.53. The molecule has 0 aromatic carbocycles. The lowest BCUT2D eigenvalue weighted by Crippen LogP contribution is -2.41. The number of aromatic nitrogens is 2. The summed E-state index contributed by atoms with van der Waals surface area (Å²) in [5, 5.41) is 15.3. The zero-order valence-electron chi connectivity index (χ0n) is 13.4. The lowest BCUT2D eigenvalue weighted by atomic mass is 9.98. The molecule has 0 unspecified atom stereocenters. The van der Waals surface area contributed by atoms with Crippen LogP contribution in [0.4, 0.5) is 10.5 Å². The van der Waals surface area contributed by atoms with Crippen LogP contribution in [0.3, 0.4) is 0 Å². The number of hydrogen-bond acceptors (Lipinski definition) is 4. The summed E-state index contributed by atoms with van der Waals surface area (Å²) in [7, 11) is 0. The van der Waals surface area contributed by atoms with Crippen molar-refractivity contribution in [2.45, 2.75) is 38.0 Å². The van der Waals surface area contributed by atoms with Crippen LogP contribution < -0.4 is 10.0 Å². The molecule has 1 N–H and O–H groups in total. The molecule has 3 heterocycles. The number of hydrogen-bond donors (Lipinski definition) is 1. The number of carbonyl (C=O) groups is 1. The first-order chi connectivity index (χ1) is 11.7. The average Bonchev–Trinajstić information content (AvgIpc) is 3.16. The van der Waals surface area contributed by atoms with E-state index >= 15 is 0 Å². The first kappa shape index (κ1) is 15.4. The Morgan fingerprint density at radius 3 is 2.96 bits per heavy atom. The van der Waals surface area contributed by atoms with Gasteiger partial charge in [-0.25, -0.2) is 9.78 Å². The molecule has 7 heteroatoms. The van der Waals surface area contributed by atoms with Gasteiger partial charge in [0, 0.05) is 30.0 Å². The highest BCUT2D eigenvalue weighted by Crippen LogP contribution is 2.35. The summed E-state index contributed by atoms with van der Waals surface area (Å²) in [6, 6.07) is 3.20. The van der Waals surface area contributed by atoms with Gasteiger partial charge in [0.05, 0.1) is 10.7 Å². The summed E-state index contributed by atoms with van der Waals surface area (Å²) in [5.41, 5.74) is 1.83. The monoisotopic (exact) mass is 344 g/mol. The van der Waals surface area contributed by atoms with Crippen molar-refractivity contribution in [1.29, 1.82) is 0 Å². The van der Waals surface area contributed by atoms with E-state index in [9.17, 15) is 10.0 Å². The molecule has 0 bridgehead atoms. The first-order valence-corrected chi connectivity index (χ1v) is 9.24. The van der Waals surface area contributed by atoms with Crippen LogP contribution in [0.25, 0.3) is 0 Å². The third-order valence-electron chi connectivity index (χ3n) is 4.77. The van der Waals surface area contributed by atoms with Gasteiger partial charge in [0.15, 0.2) is 6.20 Å². The molecule has 126 valence electrons. The third-order valence-corrected chi connectivity index (χ3v) is 6.09. The van der Waals surface area contributed by atoms with E-state index in [0.29, 0.717) is 16.3 Å². The molecule has 1 saturated heterocycles. The first-order valence-electron chi connectivity index (χ1n) is 8.42. The Hall–Kier alpha value is -2.15. The minimum absolute atomic E-state index is 0.138. The predicted molar refractivity (Wildman–Crippen MR) is 92.1 cm³/mol. The largest absolute Gasteiger partial charge is 0.619 e. The van der Waals surface area contributed by atoms with E-state index in [4.69, 9.17) is 4.98 Å². The zero-order chi connectivity index (χ0) is 16.5. The maximum atomic E-state index is 12.3. The number of aryl methyl sites for hydroxylation is 2. The van der Waals surface area contributed by atoms with E-state index in [1.54, 1.807) is 12.1 Å². The van der Waals surface area contributed by atoms with Gasteiger partial charge in [-0.3, -0.25) is 0 Å². The minimum Gasteiger partial charge on any atom is -0.619 e. The van der Waals surface area contributed by atoms with Crippen molar-refractivity contribution in [3.05, 3.63) is 45.3 Å². The molecular formula is C17H20N4O2S. The number of rotatable bonds is 2. The van der Waals surface area contributed by atoms with Crippen LogP contribution in [0.15, 0.2) is 24.5 Å². The van der Waals surface area contributed by atoms with Crippen LogP contribution in [0, 0.1) is 5.21 Å². The molecule has 1 aliphatic carbocycles. The summed E-state index contributed by atoms with van der Waals surface area (Å²) < 4.78 is 0.684.